The van der Waals surface area contributed by atoms with Crippen LogP contribution in [-0.2, 0) is 25.2 Å². The summed E-state index contributed by atoms with van der Waals surface area (Å²) in [6.07, 6.45) is 0.738. The largest absolute Gasteiger partial charge is 0.421 e. The van der Waals surface area contributed by atoms with Crippen molar-refractivity contribution >= 4 is 38.7 Å². The number of piperazine rings is 1. The van der Waals surface area contributed by atoms with Crippen LogP contribution in [0.1, 0.15) is 25.3 Å². The molecule has 2 aliphatic heterocycles. The van der Waals surface area contributed by atoms with Gasteiger partial charge in [0.05, 0.1) is 24.2 Å². The lowest BCUT2D eigenvalue weighted by atomic mass is 9.95. The maximum absolute atomic E-state index is 13.7. The molecule has 2 fully saturated rings. The van der Waals surface area contributed by atoms with Gasteiger partial charge in [-0.05, 0) is 30.7 Å². The van der Waals surface area contributed by atoms with Crippen LogP contribution in [0, 0.1) is 0 Å². The lowest BCUT2D eigenvalue weighted by molar-refractivity contribution is -0.258. The SMILES string of the molecule is CN(C)C(=O)C[C@H]1COCCN1C[C@H]1CN(S(=O)(=O)C2=CC=CCC2=S)CCN1c1ccc([C@@](C)(O)C(F)(F)F)cc1. The van der Waals surface area contributed by atoms with E-state index in [1.807, 2.05) is 4.90 Å². The van der Waals surface area contributed by atoms with Crippen molar-refractivity contribution in [2.75, 3.05) is 64.9 Å². The van der Waals surface area contributed by atoms with Crippen molar-refractivity contribution in [1.29, 1.82) is 0 Å². The van der Waals surface area contributed by atoms with Crippen molar-refractivity contribution in [3.63, 3.8) is 0 Å². The van der Waals surface area contributed by atoms with Gasteiger partial charge < -0.3 is 19.6 Å². The quantitative estimate of drug-likeness (QED) is 0.439. The van der Waals surface area contributed by atoms with Gasteiger partial charge in [0.15, 0.2) is 5.60 Å². The third-order valence-corrected chi connectivity index (χ3v) is 10.5. The molecule has 1 aromatic carbocycles. The Balaban J connectivity index is 1.63. The Morgan fingerprint density at radius 2 is 1.83 bits per heavy atom. The molecule has 0 unspecified atom stereocenters. The maximum atomic E-state index is 13.7. The molecule has 2 saturated heterocycles. The molecule has 3 aliphatic rings. The molecule has 0 saturated carbocycles. The molecule has 0 spiro atoms. The van der Waals surface area contributed by atoms with Crippen LogP contribution in [0.15, 0.2) is 47.4 Å². The molecule has 0 aromatic heterocycles. The van der Waals surface area contributed by atoms with E-state index in [-0.39, 0.29) is 48.5 Å². The minimum atomic E-state index is -4.85. The average molecular weight is 631 g/mol. The smallest absolute Gasteiger partial charge is 0.378 e. The number of sulfonamides is 1. The van der Waals surface area contributed by atoms with Crippen molar-refractivity contribution in [2.24, 2.45) is 0 Å². The van der Waals surface area contributed by atoms with Gasteiger partial charge in [-0.15, -0.1) is 0 Å². The second-order valence-corrected chi connectivity index (χ2v) is 13.5. The summed E-state index contributed by atoms with van der Waals surface area (Å²) in [6, 6.07) is 4.91. The van der Waals surface area contributed by atoms with Crippen LogP contribution < -0.4 is 4.90 Å². The number of amides is 1. The molecule has 232 valence electrons. The van der Waals surface area contributed by atoms with Crippen LogP contribution in [0.2, 0.25) is 0 Å². The van der Waals surface area contributed by atoms with Crippen LogP contribution in [0.5, 0.6) is 0 Å². The summed E-state index contributed by atoms with van der Waals surface area (Å²) in [5.74, 6) is -0.0571. The number of aliphatic hydroxyl groups is 1. The summed E-state index contributed by atoms with van der Waals surface area (Å²) >= 11 is 5.36. The summed E-state index contributed by atoms with van der Waals surface area (Å²) in [5, 5.41) is 10.1. The predicted octanol–water partition coefficient (Wildman–Crippen LogP) is 2.67. The highest BCUT2D eigenvalue weighted by atomic mass is 32.2. The van der Waals surface area contributed by atoms with Gasteiger partial charge in [-0.2, -0.15) is 17.5 Å². The number of ether oxygens (including phenoxy) is 1. The normalized spacial score (nSPS) is 24.3. The van der Waals surface area contributed by atoms with Gasteiger partial charge in [-0.1, -0.05) is 36.5 Å². The number of alkyl halides is 3. The van der Waals surface area contributed by atoms with Crippen molar-refractivity contribution in [1.82, 2.24) is 14.1 Å². The van der Waals surface area contributed by atoms with Gasteiger partial charge in [0.2, 0.25) is 15.9 Å². The number of anilines is 1. The first-order chi connectivity index (χ1) is 19.6. The number of benzene rings is 1. The second kappa shape index (κ2) is 12.7. The highest BCUT2D eigenvalue weighted by Gasteiger charge is 2.51. The summed E-state index contributed by atoms with van der Waals surface area (Å²) in [5.41, 5.74) is -2.71. The Morgan fingerprint density at radius 1 is 1.14 bits per heavy atom. The predicted molar refractivity (Wildman–Crippen MR) is 158 cm³/mol. The number of morpholine rings is 1. The highest BCUT2D eigenvalue weighted by Crippen LogP contribution is 2.39. The third-order valence-electron chi connectivity index (χ3n) is 8.04. The first kappa shape index (κ1) is 32.6. The van der Waals surface area contributed by atoms with E-state index in [1.54, 1.807) is 26.2 Å². The summed E-state index contributed by atoms with van der Waals surface area (Å²) in [4.78, 5) is 18.6. The van der Waals surface area contributed by atoms with Gasteiger partial charge in [-0.25, -0.2) is 8.42 Å². The van der Waals surface area contributed by atoms with Crippen LogP contribution in [0.25, 0.3) is 0 Å². The Bertz CT molecular complexity index is 1330. The molecule has 2 heterocycles. The molecule has 42 heavy (non-hydrogen) atoms. The van der Waals surface area contributed by atoms with E-state index >= 15 is 0 Å². The number of rotatable bonds is 8. The molecule has 1 aromatic rings. The Hall–Kier alpha value is -2.36. The Morgan fingerprint density at radius 3 is 2.45 bits per heavy atom. The molecular formula is C28H37F3N4O5S2. The zero-order chi connectivity index (χ0) is 30.9. The number of hydrogen-bond acceptors (Lipinski definition) is 8. The number of thiocarbonyl (C=S) groups is 1. The lowest BCUT2D eigenvalue weighted by Gasteiger charge is -2.46. The second-order valence-electron chi connectivity index (χ2n) is 11.1. The van der Waals surface area contributed by atoms with Gasteiger partial charge in [-0.3, -0.25) is 9.69 Å². The number of carbonyl (C=O) groups is 1. The van der Waals surface area contributed by atoms with Crippen molar-refractivity contribution < 1.29 is 36.2 Å². The minimum Gasteiger partial charge on any atom is -0.378 e. The maximum Gasteiger partial charge on any atom is 0.421 e. The van der Waals surface area contributed by atoms with E-state index < -0.39 is 27.8 Å². The van der Waals surface area contributed by atoms with E-state index in [9.17, 15) is 31.5 Å². The van der Waals surface area contributed by atoms with Crippen LogP contribution in [-0.4, -0.2) is 117 Å². The van der Waals surface area contributed by atoms with Crippen molar-refractivity contribution in [3.8, 4) is 0 Å². The first-order valence-corrected chi connectivity index (χ1v) is 15.6. The van der Waals surface area contributed by atoms with Crippen molar-refractivity contribution in [3.05, 3.63) is 53.0 Å². The molecular weight excluding hydrogens is 593 g/mol. The Labute approximate surface area is 250 Å². The van der Waals surface area contributed by atoms with Gasteiger partial charge in [0.25, 0.3) is 0 Å². The lowest BCUT2D eigenvalue weighted by Crippen LogP contribution is -2.61. The number of halogens is 3. The van der Waals surface area contributed by atoms with Crippen LogP contribution in [0.4, 0.5) is 18.9 Å². The van der Waals surface area contributed by atoms with Gasteiger partial charge >= 0.3 is 6.18 Å². The Kier molecular flexibility index (Phi) is 9.85. The molecule has 1 aliphatic carbocycles. The van der Waals surface area contributed by atoms with E-state index in [4.69, 9.17) is 17.0 Å². The fourth-order valence-corrected chi connectivity index (χ4v) is 7.42. The van der Waals surface area contributed by atoms with Crippen molar-refractivity contribution in [2.45, 2.75) is 43.6 Å². The third kappa shape index (κ3) is 6.89. The topological polar surface area (TPSA) is 93.6 Å². The average Bonchev–Trinajstić information content (AvgIpc) is 2.93. The molecule has 1 N–H and O–H groups in total. The molecule has 9 nitrogen and oxygen atoms in total. The van der Waals surface area contributed by atoms with E-state index in [0.717, 1.165) is 0 Å². The fourth-order valence-electron chi connectivity index (χ4n) is 5.35. The zero-order valence-electron chi connectivity index (χ0n) is 23.9. The van der Waals surface area contributed by atoms with Crippen LogP contribution in [0.3, 0.4) is 0 Å². The number of allylic oxidation sites excluding steroid dienone is 4. The summed E-state index contributed by atoms with van der Waals surface area (Å²) < 4.78 is 74.7. The summed E-state index contributed by atoms with van der Waals surface area (Å²) in [7, 11) is -0.523. The minimum absolute atomic E-state index is 0.0571. The highest BCUT2D eigenvalue weighted by molar-refractivity contribution is 7.96. The van der Waals surface area contributed by atoms with E-state index in [2.05, 4.69) is 4.90 Å². The molecule has 14 heteroatoms. The monoisotopic (exact) mass is 630 g/mol. The standard InChI is InChI=1S/C28H37F3N4O5S2/c1-27(37,28(29,30)31)20-8-10-21(11-9-20)35-13-12-34(42(38,39)25-7-5-4-6-24(25)41)18-23(35)17-33-14-15-40-19-22(33)16-26(36)32(2)3/h4-5,7-11,22-23,37H,6,12-19H2,1-3H3/t22-,23-,27+/m0/s1. The number of carbonyl (C=O) groups excluding carboxylic acids is 1. The van der Waals surface area contributed by atoms with E-state index in [0.29, 0.717) is 50.2 Å². The van der Waals surface area contributed by atoms with Gasteiger partial charge in [0.1, 0.15) is 0 Å². The van der Waals surface area contributed by atoms with Crippen LogP contribution >= 0.6 is 12.2 Å². The zero-order valence-corrected chi connectivity index (χ0v) is 25.5. The molecule has 0 radical (unpaired) electrons. The fraction of sp³-hybridized carbons (Fsp3) is 0.571. The summed E-state index contributed by atoms with van der Waals surface area (Å²) in [6.45, 7) is 2.99. The first-order valence-electron chi connectivity index (χ1n) is 13.7. The molecule has 0 bridgehead atoms. The number of hydrogen-bond donors (Lipinski definition) is 1. The molecule has 3 atom stereocenters. The molecule has 4 rings (SSSR count). The number of nitrogens with zero attached hydrogens (tertiary/aromatic N) is 4. The van der Waals surface area contributed by atoms with Gasteiger partial charge in [0, 0.05) is 76.3 Å². The van der Waals surface area contributed by atoms with E-state index in [1.165, 1.54) is 39.5 Å². The molecule has 1 amide bonds.